The maximum Gasteiger partial charge on any atom is 0.290 e. The van der Waals surface area contributed by atoms with Crippen molar-refractivity contribution in [3.05, 3.63) is 115 Å². The molecule has 1 atom stereocenters. The first-order chi connectivity index (χ1) is 17.3. The normalized spacial score (nSPS) is 14.8. The summed E-state index contributed by atoms with van der Waals surface area (Å²) < 4.78 is 11.2. The Morgan fingerprint density at radius 1 is 1.03 bits per heavy atom. The Labute approximate surface area is 206 Å². The Morgan fingerprint density at radius 2 is 1.75 bits per heavy atom. The highest BCUT2D eigenvalue weighted by molar-refractivity contribution is 5.99. The minimum Gasteiger partial charge on any atom is -0.497 e. The van der Waals surface area contributed by atoms with Gasteiger partial charge in [0.25, 0.3) is 11.6 Å². The Balaban J connectivity index is 1.64. The third-order valence-corrected chi connectivity index (χ3v) is 6.78. The van der Waals surface area contributed by atoms with Crippen LogP contribution in [-0.4, -0.2) is 29.4 Å². The number of hydrogen-bond donors (Lipinski definition) is 0. The molecule has 36 heavy (non-hydrogen) atoms. The maximum atomic E-state index is 13.7. The van der Waals surface area contributed by atoms with Crippen LogP contribution in [0.25, 0.3) is 11.0 Å². The molecular weight excluding hydrogens is 460 g/mol. The van der Waals surface area contributed by atoms with Crippen molar-refractivity contribution in [3.8, 4) is 5.75 Å². The predicted molar refractivity (Wildman–Crippen MR) is 135 cm³/mol. The van der Waals surface area contributed by atoms with Crippen LogP contribution in [-0.2, 0) is 6.42 Å². The van der Waals surface area contributed by atoms with E-state index in [1.807, 2.05) is 38.1 Å². The molecule has 0 saturated carbocycles. The van der Waals surface area contributed by atoms with Gasteiger partial charge in [-0.15, -0.1) is 0 Å². The third kappa shape index (κ3) is 3.90. The molecule has 0 aliphatic carbocycles. The highest BCUT2D eigenvalue weighted by Crippen LogP contribution is 2.39. The summed E-state index contributed by atoms with van der Waals surface area (Å²) in [5, 5.41) is 11.9. The number of non-ortho nitro benzene ring substituents is 1. The fourth-order valence-corrected chi connectivity index (χ4v) is 4.70. The van der Waals surface area contributed by atoms with E-state index in [9.17, 15) is 19.7 Å². The maximum absolute atomic E-state index is 13.7. The topological polar surface area (TPSA) is 103 Å². The third-order valence-electron chi connectivity index (χ3n) is 6.78. The van der Waals surface area contributed by atoms with Crippen LogP contribution in [0.3, 0.4) is 0 Å². The first-order valence-electron chi connectivity index (χ1n) is 11.5. The standard InChI is InChI=1S/C28H24N2O6/c1-16-13-22-23(14-17(16)2)36-27-24(26(22)31)25(19-5-4-6-20(15-19)30(33)34)29(28(27)32)12-11-18-7-9-21(35-3)10-8-18/h4-10,13-15,25H,11-12H2,1-3H3/t25-/m0/s1. The lowest BCUT2D eigenvalue weighted by Crippen LogP contribution is -2.31. The van der Waals surface area contributed by atoms with Crippen molar-refractivity contribution in [1.29, 1.82) is 0 Å². The van der Waals surface area contributed by atoms with Crippen LogP contribution in [0.2, 0.25) is 0 Å². The van der Waals surface area contributed by atoms with Gasteiger partial charge in [-0.3, -0.25) is 19.7 Å². The van der Waals surface area contributed by atoms with Crippen LogP contribution in [0.5, 0.6) is 5.75 Å². The van der Waals surface area contributed by atoms with E-state index < -0.39 is 16.9 Å². The molecule has 1 amide bonds. The van der Waals surface area contributed by atoms with E-state index in [4.69, 9.17) is 9.15 Å². The molecule has 5 rings (SSSR count). The molecule has 0 unspecified atom stereocenters. The van der Waals surface area contributed by atoms with Gasteiger partial charge in [-0.1, -0.05) is 24.3 Å². The highest BCUT2D eigenvalue weighted by atomic mass is 16.6. The monoisotopic (exact) mass is 484 g/mol. The Morgan fingerprint density at radius 3 is 2.44 bits per heavy atom. The first kappa shape index (κ1) is 23.3. The zero-order valence-electron chi connectivity index (χ0n) is 20.1. The van der Waals surface area contributed by atoms with Gasteiger partial charge in [-0.2, -0.15) is 0 Å². The number of benzene rings is 3. The van der Waals surface area contributed by atoms with Gasteiger partial charge in [0.2, 0.25) is 5.76 Å². The van der Waals surface area contributed by atoms with E-state index >= 15 is 0 Å². The van der Waals surface area contributed by atoms with Gasteiger partial charge in [0.05, 0.1) is 29.0 Å². The van der Waals surface area contributed by atoms with Gasteiger partial charge >= 0.3 is 0 Å². The molecule has 1 aliphatic rings. The minimum absolute atomic E-state index is 0.0120. The van der Waals surface area contributed by atoms with Crippen LogP contribution in [0.1, 0.15) is 44.4 Å². The van der Waals surface area contributed by atoms with Crippen molar-refractivity contribution in [2.75, 3.05) is 13.7 Å². The smallest absolute Gasteiger partial charge is 0.290 e. The van der Waals surface area contributed by atoms with Crippen molar-refractivity contribution < 1.29 is 18.9 Å². The number of carbonyl (C=O) groups excluding carboxylic acids is 1. The van der Waals surface area contributed by atoms with Gasteiger partial charge in [-0.05, 0) is 66.8 Å². The fourth-order valence-electron chi connectivity index (χ4n) is 4.70. The molecule has 8 nitrogen and oxygen atoms in total. The fraction of sp³-hybridized carbons (Fsp3) is 0.214. The Hall–Kier alpha value is -4.46. The molecule has 0 fully saturated rings. The van der Waals surface area contributed by atoms with Gasteiger partial charge in [0.1, 0.15) is 11.3 Å². The number of carbonyl (C=O) groups is 1. The number of aryl methyl sites for hydroxylation is 2. The quantitative estimate of drug-likeness (QED) is 0.278. The zero-order chi connectivity index (χ0) is 25.6. The summed E-state index contributed by atoms with van der Waals surface area (Å²) >= 11 is 0. The van der Waals surface area contributed by atoms with Gasteiger partial charge in [0.15, 0.2) is 5.43 Å². The molecule has 0 radical (unpaired) electrons. The van der Waals surface area contributed by atoms with E-state index in [1.165, 1.54) is 12.1 Å². The van der Waals surface area contributed by atoms with Crippen molar-refractivity contribution >= 4 is 22.6 Å². The molecule has 1 aromatic heterocycles. The summed E-state index contributed by atoms with van der Waals surface area (Å²) in [4.78, 5) is 39.9. The largest absolute Gasteiger partial charge is 0.497 e. The van der Waals surface area contributed by atoms with Gasteiger partial charge < -0.3 is 14.1 Å². The second-order valence-corrected chi connectivity index (χ2v) is 8.96. The lowest BCUT2D eigenvalue weighted by atomic mass is 9.97. The summed E-state index contributed by atoms with van der Waals surface area (Å²) in [5.41, 5.74) is 3.50. The number of nitro groups is 1. The number of ether oxygens (including phenoxy) is 1. The molecule has 8 heteroatoms. The van der Waals surface area contributed by atoms with Crippen molar-refractivity contribution in [2.45, 2.75) is 26.3 Å². The molecule has 1 aliphatic heterocycles. The number of amides is 1. The van der Waals surface area contributed by atoms with Crippen LogP contribution in [0, 0.1) is 24.0 Å². The van der Waals surface area contributed by atoms with Crippen LogP contribution >= 0.6 is 0 Å². The Bertz CT molecular complexity index is 1570. The van der Waals surface area contributed by atoms with Crippen molar-refractivity contribution in [1.82, 2.24) is 4.90 Å². The zero-order valence-corrected chi connectivity index (χ0v) is 20.1. The van der Waals surface area contributed by atoms with Crippen LogP contribution < -0.4 is 10.2 Å². The lowest BCUT2D eigenvalue weighted by molar-refractivity contribution is -0.384. The van der Waals surface area contributed by atoms with Crippen LogP contribution in [0.4, 0.5) is 5.69 Å². The molecule has 2 heterocycles. The number of fused-ring (bicyclic) bond motifs is 2. The summed E-state index contributed by atoms with van der Waals surface area (Å²) in [6.45, 7) is 4.11. The predicted octanol–water partition coefficient (Wildman–Crippen LogP) is 5.11. The van der Waals surface area contributed by atoms with Crippen LogP contribution in [0.15, 0.2) is 69.9 Å². The molecule has 0 saturated heterocycles. The Kier molecular flexibility index (Phi) is 5.80. The number of methoxy groups -OCH3 is 1. The average molecular weight is 485 g/mol. The molecule has 4 aromatic rings. The van der Waals surface area contributed by atoms with Gasteiger partial charge in [-0.25, -0.2) is 0 Å². The second kappa shape index (κ2) is 8.96. The van der Waals surface area contributed by atoms with Crippen molar-refractivity contribution in [2.24, 2.45) is 0 Å². The SMILES string of the molecule is COc1ccc(CCN2C(=O)c3oc4cc(C)c(C)cc4c(=O)c3[C@@H]2c2cccc([N+](=O)[O-])c2)cc1. The summed E-state index contributed by atoms with van der Waals surface area (Å²) in [6.07, 6.45) is 0.515. The number of nitrogens with zero attached hydrogens (tertiary/aromatic N) is 2. The van der Waals surface area contributed by atoms with E-state index in [0.29, 0.717) is 23.0 Å². The molecule has 182 valence electrons. The average Bonchev–Trinajstić information content (AvgIpc) is 3.16. The molecular formula is C28H24N2O6. The van der Waals surface area contributed by atoms with E-state index in [0.717, 1.165) is 22.4 Å². The van der Waals surface area contributed by atoms with E-state index in [-0.39, 0.29) is 29.0 Å². The van der Waals surface area contributed by atoms with Crippen molar-refractivity contribution in [3.63, 3.8) is 0 Å². The van der Waals surface area contributed by atoms with Gasteiger partial charge in [0, 0.05) is 18.7 Å². The minimum atomic E-state index is -0.798. The highest BCUT2D eigenvalue weighted by Gasteiger charge is 2.42. The molecule has 0 spiro atoms. The number of nitro benzene ring substituents is 1. The van der Waals surface area contributed by atoms with E-state index in [2.05, 4.69) is 0 Å². The first-order valence-corrected chi connectivity index (χ1v) is 11.5. The lowest BCUT2D eigenvalue weighted by Gasteiger charge is -2.25. The summed E-state index contributed by atoms with van der Waals surface area (Å²) in [7, 11) is 1.59. The number of rotatable bonds is 6. The summed E-state index contributed by atoms with van der Waals surface area (Å²) in [6, 6.07) is 16.3. The molecule has 3 aromatic carbocycles. The number of hydrogen-bond acceptors (Lipinski definition) is 6. The summed E-state index contributed by atoms with van der Waals surface area (Å²) in [5.74, 6) is 0.305. The molecule has 0 N–H and O–H groups in total. The van der Waals surface area contributed by atoms with E-state index in [1.54, 1.807) is 36.3 Å². The second-order valence-electron chi connectivity index (χ2n) is 8.96. The molecule has 0 bridgehead atoms.